The molecule has 0 bridgehead atoms. The zero-order chi connectivity index (χ0) is 26.1. The molecule has 4 rings (SSSR count). The number of carbonyl (C=O) groups is 4. The highest BCUT2D eigenvalue weighted by molar-refractivity contribution is 9.10. The highest BCUT2D eigenvalue weighted by atomic mass is 79.9. The van der Waals surface area contributed by atoms with Crippen molar-refractivity contribution in [2.24, 2.45) is 5.92 Å². The first kappa shape index (κ1) is 25.8. The maximum Gasteiger partial charge on any atom is 0.338 e. The Balaban J connectivity index is 1.92. The summed E-state index contributed by atoms with van der Waals surface area (Å²) in [6, 6.07) is 14.6. The van der Waals surface area contributed by atoms with Gasteiger partial charge in [-0.1, -0.05) is 52.3 Å². The molecule has 2 aliphatic heterocycles. The number of esters is 3. The van der Waals surface area contributed by atoms with Gasteiger partial charge in [0.25, 0.3) is 5.91 Å². The van der Waals surface area contributed by atoms with Crippen LogP contribution in [0.1, 0.15) is 31.4 Å². The van der Waals surface area contributed by atoms with Crippen LogP contribution >= 0.6 is 15.9 Å². The number of hydrogen-bond donors (Lipinski definition) is 1. The molecule has 0 saturated carbocycles. The second-order valence-corrected chi connectivity index (χ2v) is 9.51. The molecule has 36 heavy (non-hydrogen) atoms. The molecule has 2 heterocycles. The van der Waals surface area contributed by atoms with E-state index < -0.39 is 40.8 Å². The van der Waals surface area contributed by atoms with Crippen molar-refractivity contribution in [2.45, 2.75) is 37.9 Å². The maximum atomic E-state index is 14.3. The summed E-state index contributed by atoms with van der Waals surface area (Å²) < 4.78 is 16.3. The van der Waals surface area contributed by atoms with Crippen molar-refractivity contribution in [1.29, 1.82) is 0 Å². The molecular formula is C26H27BrN2O7. The number of rotatable bonds is 7. The van der Waals surface area contributed by atoms with Gasteiger partial charge in [0.15, 0.2) is 0 Å². The molecule has 0 radical (unpaired) electrons. The molecule has 1 amide bonds. The van der Waals surface area contributed by atoms with Crippen LogP contribution in [0.3, 0.4) is 0 Å². The molecular weight excluding hydrogens is 532 g/mol. The van der Waals surface area contributed by atoms with Gasteiger partial charge in [0, 0.05) is 16.5 Å². The van der Waals surface area contributed by atoms with Crippen molar-refractivity contribution in [2.75, 3.05) is 25.2 Å². The Labute approximate surface area is 217 Å². The molecule has 2 atom stereocenters. The van der Waals surface area contributed by atoms with Crippen LogP contribution in [-0.2, 0) is 45.5 Å². The van der Waals surface area contributed by atoms with E-state index in [2.05, 4.69) is 21.2 Å². The number of ether oxygens (including phenoxy) is 3. The van der Waals surface area contributed by atoms with Crippen LogP contribution in [0.4, 0.5) is 5.69 Å². The largest absolute Gasteiger partial charge is 0.469 e. The van der Waals surface area contributed by atoms with E-state index in [0.29, 0.717) is 11.3 Å². The normalized spacial score (nSPS) is 21.8. The van der Waals surface area contributed by atoms with Gasteiger partial charge in [-0.2, -0.15) is 0 Å². The highest BCUT2D eigenvalue weighted by Gasteiger charge is 2.71. The minimum Gasteiger partial charge on any atom is -0.469 e. The minimum absolute atomic E-state index is 0.00479. The molecule has 0 unspecified atom stereocenters. The molecule has 1 N–H and O–H groups in total. The topological polar surface area (TPSA) is 111 Å². The third-order valence-electron chi connectivity index (χ3n) is 6.62. The maximum absolute atomic E-state index is 14.3. The number of nitrogens with one attached hydrogen (secondary N) is 1. The molecule has 9 nitrogen and oxygen atoms in total. The number of methoxy groups -OCH3 is 1. The summed E-state index contributed by atoms with van der Waals surface area (Å²) in [5, 5.41) is 3.00. The molecule has 1 fully saturated rings. The van der Waals surface area contributed by atoms with Gasteiger partial charge in [0.1, 0.15) is 5.54 Å². The molecule has 1 spiro atoms. The lowest BCUT2D eigenvalue weighted by molar-refractivity contribution is -0.165. The van der Waals surface area contributed by atoms with E-state index in [1.165, 1.54) is 7.11 Å². The monoisotopic (exact) mass is 558 g/mol. The number of hydrogen-bond acceptors (Lipinski definition) is 8. The van der Waals surface area contributed by atoms with Gasteiger partial charge >= 0.3 is 17.9 Å². The third-order valence-corrected chi connectivity index (χ3v) is 7.11. The van der Waals surface area contributed by atoms with Gasteiger partial charge in [0.05, 0.1) is 38.5 Å². The molecule has 1 saturated heterocycles. The molecule has 2 aromatic rings. The van der Waals surface area contributed by atoms with Gasteiger partial charge in [-0.15, -0.1) is 0 Å². The number of anilines is 1. The predicted molar refractivity (Wildman–Crippen MR) is 133 cm³/mol. The number of fused-ring (bicyclic) bond motifs is 2. The van der Waals surface area contributed by atoms with Gasteiger partial charge in [-0.25, -0.2) is 9.59 Å². The SMILES string of the molecule is CCOC(=O)C1(C(=O)OCC)C[C@@H](C(=O)OC)[C@@]2(N1)C(=O)N(Cc1ccccc1)c1cc(Br)ccc12. The van der Waals surface area contributed by atoms with Gasteiger partial charge < -0.3 is 19.1 Å². The van der Waals surface area contributed by atoms with Crippen LogP contribution in [-0.4, -0.2) is 49.7 Å². The fraction of sp³-hybridized carbons (Fsp3) is 0.385. The average molecular weight is 559 g/mol. The van der Waals surface area contributed by atoms with Crippen molar-refractivity contribution in [3.05, 3.63) is 64.1 Å². The molecule has 190 valence electrons. The Kier molecular flexibility index (Phi) is 7.19. The number of amides is 1. The lowest BCUT2D eigenvalue weighted by atomic mass is 9.79. The summed E-state index contributed by atoms with van der Waals surface area (Å²) in [5.74, 6) is -4.25. The van der Waals surface area contributed by atoms with Gasteiger partial charge in [0.2, 0.25) is 5.54 Å². The Hall–Kier alpha value is -3.24. The molecule has 10 heteroatoms. The van der Waals surface area contributed by atoms with E-state index in [-0.39, 0.29) is 26.2 Å². The van der Waals surface area contributed by atoms with Crippen molar-refractivity contribution >= 4 is 45.4 Å². The lowest BCUT2D eigenvalue weighted by Gasteiger charge is -2.31. The predicted octanol–water partition coefficient (Wildman–Crippen LogP) is 2.84. The summed E-state index contributed by atoms with van der Waals surface area (Å²) in [4.78, 5) is 55.5. The minimum atomic E-state index is -2.08. The van der Waals surface area contributed by atoms with Crippen LogP contribution in [0.5, 0.6) is 0 Å². The van der Waals surface area contributed by atoms with Crippen molar-refractivity contribution in [3.63, 3.8) is 0 Å². The van der Waals surface area contributed by atoms with Crippen molar-refractivity contribution < 1.29 is 33.4 Å². The highest BCUT2D eigenvalue weighted by Crippen LogP contribution is 2.53. The second-order valence-electron chi connectivity index (χ2n) is 8.60. The Morgan fingerprint density at radius 3 is 2.28 bits per heavy atom. The van der Waals surface area contributed by atoms with E-state index in [1.807, 2.05) is 30.3 Å². The Bertz CT molecular complexity index is 1180. The first-order valence-corrected chi connectivity index (χ1v) is 12.4. The van der Waals surface area contributed by atoms with E-state index in [1.54, 1.807) is 36.9 Å². The first-order valence-electron chi connectivity index (χ1n) is 11.6. The fourth-order valence-electron chi connectivity index (χ4n) is 5.08. The summed E-state index contributed by atoms with van der Waals surface area (Å²) in [7, 11) is 1.20. The van der Waals surface area contributed by atoms with Crippen LogP contribution in [0.15, 0.2) is 53.0 Å². The standard InChI is InChI=1S/C26H27BrN2O7/c1-4-35-23(32)25(24(33)36-5-2)14-19(21(30)34-3)26(28-25)18-12-11-17(27)13-20(18)29(22(26)31)15-16-9-7-6-8-10-16/h6-13,19,28H,4-5,14-15H2,1-3H3/t19-,26+/m0/s1. The van der Waals surface area contributed by atoms with E-state index >= 15 is 0 Å². The van der Waals surface area contributed by atoms with Crippen LogP contribution in [0.25, 0.3) is 0 Å². The summed E-state index contributed by atoms with van der Waals surface area (Å²) in [6.07, 6.45) is -0.363. The zero-order valence-electron chi connectivity index (χ0n) is 20.2. The first-order chi connectivity index (χ1) is 17.2. The van der Waals surface area contributed by atoms with Crippen LogP contribution in [0.2, 0.25) is 0 Å². The van der Waals surface area contributed by atoms with E-state index in [0.717, 1.165) is 10.0 Å². The fourth-order valence-corrected chi connectivity index (χ4v) is 5.43. The van der Waals surface area contributed by atoms with Crippen LogP contribution in [0, 0.1) is 5.92 Å². The second kappa shape index (κ2) is 10.0. The summed E-state index contributed by atoms with van der Waals surface area (Å²) >= 11 is 3.46. The number of halogens is 1. The molecule has 0 aliphatic carbocycles. The van der Waals surface area contributed by atoms with Gasteiger partial charge in [-0.3, -0.25) is 14.9 Å². The molecule has 0 aromatic heterocycles. The third kappa shape index (κ3) is 3.98. The number of carbonyl (C=O) groups excluding carboxylic acids is 4. The smallest absolute Gasteiger partial charge is 0.338 e. The number of nitrogens with zero attached hydrogens (tertiary/aromatic N) is 1. The van der Waals surface area contributed by atoms with E-state index in [9.17, 15) is 19.2 Å². The van der Waals surface area contributed by atoms with E-state index in [4.69, 9.17) is 14.2 Å². The van der Waals surface area contributed by atoms with Crippen molar-refractivity contribution in [1.82, 2.24) is 5.32 Å². The Morgan fingerprint density at radius 1 is 1.06 bits per heavy atom. The number of benzene rings is 2. The zero-order valence-corrected chi connectivity index (χ0v) is 21.8. The quantitative estimate of drug-likeness (QED) is 0.313. The summed E-state index contributed by atoms with van der Waals surface area (Å²) in [6.45, 7) is 3.42. The summed E-state index contributed by atoms with van der Waals surface area (Å²) in [5.41, 5.74) is -1.96. The molecule has 2 aromatic carbocycles. The Morgan fingerprint density at radius 2 is 1.69 bits per heavy atom. The average Bonchev–Trinajstić information content (AvgIpc) is 3.35. The van der Waals surface area contributed by atoms with Crippen LogP contribution < -0.4 is 10.2 Å². The lowest BCUT2D eigenvalue weighted by Crippen LogP contribution is -2.62. The molecule has 2 aliphatic rings. The van der Waals surface area contributed by atoms with Crippen molar-refractivity contribution in [3.8, 4) is 0 Å². The van der Waals surface area contributed by atoms with Gasteiger partial charge in [-0.05, 0) is 31.5 Å².